The van der Waals surface area contributed by atoms with Crippen molar-refractivity contribution >= 4 is 12.0 Å². The Morgan fingerprint density at radius 3 is 2.52 bits per heavy atom. The maximum Gasteiger partial charge on any atom is 0.407 e. The van der Waals surface area contributed by atoms with Crippen LogP contribution in [0.1, 0.15) is 44.1 Å². The SMILES string of the molecule is NCC(=O)N(C1CC1)[C@@H]1CCCC[C@@H]1NC(=O)OCc1ccccc1. The second kappa shape index (κ2) is 8.34. The van der Waals surface area contributed by atoms with E-state index in [0.717, 1.165) is 44.1 Å². The van der Waals surface area contributed by atoms with Gasteiger partial charge in [-0.2, -0.15) is 0 Å². The minimum atomic E-state index is -0.420. The molecule has 6 nitrogen and oxygen atoms in total. The maximum atomic E-state index is 12.3. The van der Waals surface area contributed by atoms with Crippen LogP contribution < -0.4 is 11.1 Å². The summed E-state index contributed by atoms with van der Waals surface area (Å²) in [6.07, 6.45) is 5.55. The number of nitrogens with zero attached hydrogens (tertiary/aromatic N) is 1. The zero-order valence-electron chi connectivity index (χ0n) is 14.5. The summed E-state index contributed by atoms with van der Waals surface area (Å²) in [7, 11) is 0. The fourth-order valence-corrected chi connectivity index (χ4v) is 3.65. The first-order valence-electron chi connectivity index (χ1n) is 9.17. The van der Waals surface area contributed by atoms with E-state index >= 15 is 0 Å². The summed E-state index contributed by atoms with van der Waals surface area (Å²) in [4.78, 5) is 26.4. The average molecular weight is 345 g/mol. The van der Waals surface area contributed by atoms with Crippen LogP contribution in [0.15, 0.2) is 30.3 Å². The summed E-state index contributed by atoms with van der Waals surface area (Å²) in [6, 6.07) is 9.87. The minimum Gasteiger partial charge on any atom is -0.445 e. The topological polar surface area (TPSA) is 84.7 Å². The van der Waals surface area contributed by atoms with Gasteiger partial charge in [0.05, 0.1) is 18.6 Å². The second-order valence-corrected chi connectivity index (χ2v) is 6.90. The number of rotatable bonds is 6. The van der Waals surface area contributed by atoms with Crippen LogP contribution in [0.2, 0.25) is 0 Å². The van der Waals surface area contributed by atoms with Crippen molar-refractivity contribution in [3.05, 3.63) is 35.9 Å². The smallest absolute Gasteiger partial charge is 0.407 e. The van der Waals surface area contributed by atoms with Crippen LogP contribution in [0.25, 0.3) is 0 Å². The molecule has 0 heterocycles. The summed E-state index contributed by atoms with van der Waals surface area (Å²) < 4.78 is 5.34. The average Bonchev–Trinajstić information content (AvgIpc) is 3.47. The molecule has 0 saturated heterocycles. The summed E-state index contributed by atoms with van der Waals surface area (Å²) in [5.41, 5.74) is 6.56. The van der Waals surface area contributed by atoms with Crippen LogP contribution in [-0.4, -0.2) is 41.6 Å². The molecule has 1 aromatic rings. The number of alkyl carbamates (subject to hydrolysis) is 1. The molecule has 0 spiro atoms. The third-order valence-electron chi connectivity index (χ3n) is 5.01. The molecule has 0 bridgehead atoms. The molecular weight excluding hydrogens is 318 g/mol. The van der Waals surface area contributed by atoms with E-state index in [4.69, 9.17) is 10.5 Å². The van der Waals surface area contributed by atoms with Crippen LogP contribution in [0.4, 0.5) is 4.79 Å². The zero-order chi connectivity index (χ0) is 17.6. The molecule has 6 heteroatoms. The van der Waals surface area contributed by atoms with E-state index in [1.54, 1.807) is 0 Å². The van der Waals surface area contributed by atoms with Crippen LogP contribution in [0.3, 0.4) is 0 Å². The lowest BCUT2D eigenvalue weighted by Crippen LogP contribution is -2.56. The third-order valence-corrected chi connectivity index (χ3v) is 5.01. The van der Waals surface area contributed by atoms with Gasteiger partial charge in [0.15, 0.2) is 0 Å². The predicted molar refractivity (Wildman–Crippen MR) is 94.7 cm³/mol. The number of hydrogen-bond acceptors (Lipinski definition) is 4. The van der Waals surface area contributed by atoms with Crippen molar-refractivity contribution < 1.29 is 14.3 Å². The highest BCUT2D eigenvalue weighted by atomic mass is 16.5. The quantitative estimate of drug-likeness (QED) is 0.827. The van der Waals surface area contributed by atoms with Gasteiger partial charge in [-0.05, 0) is 31.2 Å². The van der Waals surface area contributed by atoms with Crippen molar-refractivity contribution in [3.63, 3.8) is 0 Å². The van der Waals surface area contributed by atoms with Crippen molar-refractivity contribution in [3.8, 4) is 0 Å². The van der Waals surface area contributed by atoms with Gasteiger partial charge < -0.3 is 20.7 Å². The summed E-state index contributed by atoms with van der Waals surface area (Å²) in [6.45, 7) is 0.274. The number of nitrogens with two attached hydrogens (primary N) is 1. The van der Waals surface area contributed by atoms with Gasteiger partial charge in [-0.15, -0.1) is 0 Å². The monoisotopic (exact) mass is 345 g/mol. The molecule has 136 valence electrons. The molecule has 2 atom stereocenters. The molecule has 1 aromatic carbocycles. The van der Waals surface area contributed by atoms with Gasteiger partial charge in [-0.1, -0.05) is 43.2 Å². The number of nitrogens with one attached hydrogen (secondary N) is 1. The lowest BCUT2D eigenvalue weighted by Gasteiger charge is -2.40. The number of carbonyl (C=O) groups excluding carboxylic acids is 2. The predicted octanol–water partition coefficient (Wildman–Crippen LogP) is 2.17. The Kier molecular flexibility index (Phi) is 5.91. The van der Waals surface area contributed by atoms with Gasteiger partial charge in [-0.25, -0.2) is 4.79 Å². The Morgan fingerprint density at radius 2 is 1.84 bits per heavy atom. The van der Waals surface area contributed by atoms with E-state index in [-0.39, 0.29) is 31.1 Å². The molecule has 2 amide bonds. The zero-order valence-corrected chi connectivity index (χ0v) is 14.5. The summed E-state index contributed by atoms with van der Waals surface area (Å²) in [5.74, 6) is -0.0150. The Morgan fingerprint density at radius 1 is 1.12 bits per heavy atom. The van der Waals surface area contributed by atoms with E-state index in [1.807, 2.05) is 35.2 Å². The molecule has 0 aromatic heterocycles. The second-order valence-electron chi connectivity index (χ2n) is 6.90. The molecule has 0 radical (unpaired) electrons. The lowest BCUT2D eigenvalue weighted by atomic mass is 9.89. The highest BCUT2D eigenvalue weighted by Crippen LogP contribution is 2.34. The van der Waals surface area contributed by atoms with Gasteiger partial charge >= 0.3 is 6.09 Å². The molecule has 3 rings (SSSR count). The van der Waals surface area contributed by atoms with Crippen molar-refractivity contribution in [1.82, 2.24) is 10.2 Å². The number of carbonyl (C=O) groups is 2. The number of benzene rings is 1. The first-order chi connectivity index (χ1) is 12.2. The highest BCUT2D eigenvalue weighted by molar-refractivity contribution is 5.79. The molecule has 2 fully saturated rings. The summed E-state index contributed by atoms with van der Waals surface area (Å²) in [5, 5.41) is 2.99. The molecule has 3 N–H and O–H groups in total. The largest absolute Gasteiger partial charge is 0.445 e. The molecule has 2 aliphatic rings. The molecule has 2 saturated carbocycles. The van der Waals surface area contributed by atoms with Gasteiger partial charge in [0, 0.05) is 6.04 Å². The van der Waals surface area contributed by atoms with Crippen LogP contribution in [0, 0.1) is 0 Å². The third kappa shape index (κ3) is 4.72. The molecule has 0 unspecified atom stereocenters. The van der Waals surface area contributed by atoms with Crippen molar-refractivity contribution in [2.75, 3.05) is 6.54 Å². The lowest BCUT2D eigenvalue weighted by molar-refractivity contribution is -0.134. The Hall–Kier alpha value is -2.08. The first-order valence-corrected chi connectivity index (χ1v) is 9.17. The normalized spacial score (nSPS) is 22.9. The Balaban J connectivity index is 1.58. The Labute approximate surface area is 148 Å². The maximum absolute atomic E-state index is 12.3. The standard InChI is InChI=1S/C19H27N3O3/c20-12-18(23)22(15-10-11-15)17-9-5-4-8-16(17)21-19(24)25-13-14-6-2-1-3-7-14/h1-3,6-7,15-17H,4-5,8-13,20H2,(H,21,24)/t16-,17+/m0/s1. The molecule has 2 aliphatic carbocycles. The molecule has 25 heavy (non-hydrogen) atoms. The van der Waals surface area contributed by atoms with Gasteiger partial charge in [0.2, 0.25) is 5.91 Å². The van der Waals surface area contributed by atoms with E-state index in [9.17, 15) is 9.59 Å². The molecular formula is C19H27N3O3. The highest BCUT2D eigenvalue weighted by Gasteiger charge is 2.41. The van der Waals surface area contributed by atoms with Gasteiger partial charge in [0.25, 0.3) is 0 Å². The van der Waals surface area contributed by atoms with E-state index in [0.29, 0.717) is 6.04 Å². The van der Waals surface area contributed by atoms with Gasteiger partial charge in [-0.3, -0.25) is 4.79 Å². The van der Waals surface area contributed by atoms with E-state index in [2.05, 4.69) is 5.32 Å². The van der Waals surface area contributed by atoms with Crippen LogP contribution >= 0.6 is 0 Å². The Bertz CT molecular complexity index is 589. The number of amides is 2. The van der Waals surface area contributed by atoms with Crippen molar-refractivity contribution in [2.45, 2.75) is 63.3 Å². The van der Waals surface area contributed by atoms with Crippen molar-refractivity contribution in [1.29, 1.82) is 0 Å². The van der Waals surface area contributed by atoms with E-state index < -0.39 is 6.09 Å². The van der Waals surface area contributed by atoms with Crippen LogP contribution in [-0.2, 0) is 16.1 Å². The van der Waals surface area contributed by atoms with Crippen molar-refractivity contribution in [2.24, 2.45) is 5.73 Å². The fourth-order valence-electron chi connectivity index (χ4n) is 3.65. The number of hydrogen-bond donors (Lipinski definition) is 2. The molecule has 0 aliphatic heterocycles. The summed E-state index contributed by atoms with van der Waals surface area (Å²) >= 11 is 0. The van der Waals surface area contributed by atoms with E-state index in [1.165, 1.54) is 0 Å². The van der Waals surface area contributed by atoms with Crippen LogP contribution in [0.5, 0.6) is 0 Å². The van der Waals surface area contributed by atoms with Gasteiger partial charge in [0.1, 0.15) is 6.61 Å². The minimum absolute atomic E-state index is 0.0150. The fraction of sp³-hybridized carbons (Fsp3) is 0.579. The first kappa shape index (κ1) is 17.7. The number of ether oxygens (including phenoxy) is 1.